The minimum absolute atomic E-state index is 0.240. The van der Waals surface area contributed by atoms with E-state index in [4.69, 9.17) is 23.2 Å². The maximum Gasteiger partial charge on any atom is 0.137 e. The van der Waals surface area contributed by atoms with Crippen molar-refractivity contribution in [2.45, 2.75) is 29.8 Å². The molecule has 0 amide bonds. The lowest BCUT2D eigenvalue weighted by Gasteiger charge is -2.12. The molecular formula is C12H11Cl2N3S. The zero-order valence-corrected chi connectivity index (χ0v) is 12.2. The first-order chi connectivity index (χ1) is 8.59. The highest BCUT2D eigenvalue weighted by atomic mass is 35.5. The predicted molar refractivity (Wildman–Crippen MR) is 74.5 cm³/mol. The molecule has 6 heteroatoms. The molecular weight excluding hydrogens is 289 g/mol. The first-order valence-electron chi connectivity index (χ1n) is 5.38. The van der Waals surface area contributed by atoms with E-state index in [1.807, 2.05) is 0 Å². The van der Waals surface area contributed by atoms with Crippen LogP contribution in [0.15, 0.2) is 34.7 Å². The monoisotopic (exact) mass is 299 g/mol. The van der Waals surface area contributed by atoms with Crippen molar-refractivity contribution < 1.29 is 0 Å². The maximum atomic E-state index is 6.11. The second kappa shape index (κ2) is 5.87. The van der Waals surface area contributed by atoms with Gasteiger partial charge in [-0.3, -0.25) is 0 Å². The van der Waals surface area contributed by atoms with Crippen molar-refractivity contribution in [2.75, 3.05) is 0 Å². The SMILES string of the molecule is CC(C)c1c(Cl)ncnc1Sc1ncccc1Cl. The number of rotatable bonds is 3. The molecule has 18 heavy (non-hydrogen) atoms. The Balaban J connectivity index is 2.41. The van der Waals surface area contributed by atoms with Gasteiger partial charge < -0.3 is 0 Å². The minimum Gasteiger partial charge on any atom is -0.248 e. The molecule has 0 radical (unpaired) electrons. The van der Waals surface area contributed by atoms with Gasteiger partial charge in [0, 0.05) is 11.8 Å². The summed E-state index contributed by atoms with van der Waals surface area (Å²) in [6.07, 6.45) is 3.15. The molecule has 0 aliphatic rings. The Kier molecular flexibility index (Phi) is 4.43. The van der Waals surface area contributed by atoms with Crippen molar-refractivity contribution in [3.8, 4) is 0 Å². The Morgan fingerprint density at radius 3 is 2.56 bits per heavy atom. The normalized spacial score (nSPS) is 10.9. The lowest BCUT2D eigenvalue weighted by Crippen LogP contribution is -1.98. The average molecular weight is 300 g/mol. The Bertz CT molecular complexity index is 561. The molecule has 0 saturated carbocycles. The van der Waals surface area contributed by atoms with Gasteiger partial charge in [0.2, 0.25) is 0 Å². The van der Waals surface area contributed by atoms with Crippen LogP contribution in [0.25, 0.3) is 0 Å². The molecule has 0 bridgehead atoms. The van der Waals surface area contributed by atoms with Crippen LogP contribution in [0.5, 0.6) is 0 Å². The van der Waals surface area contributed by atoms with Crippen LogP contribution in [-0.2, 0) is 0 Å². The number of halogens is 2. The largest absolute Gasteiger partial charge is 0.248 e. The number of hydrogen-bond acceptors (Lipinski definition) is 4. The maximum absolute atomic E-state index is 6.11. The molecule has 3 nitrogen and oxygen atoms in total. The Labute approximate surface area is 120 Å². The third kappa shape index (κ3) is 2.94. The molecule has 2 heterocycles. The summed E-state index contributed by atoms with van der Waals surface area (Å²) in [7, 11) is 0. The third-order valence-electron chi connectivity index (χ3n) is 2.29. The molecule has 0 aliphatic carbocycles. The summed E-state index contributed by atoms with van der Waals surface area (Å²) in [5, 5.41) is 2.60. The summed E-state index contributed by atoms with van der Waals surface area (Å²) in [5.74, 6) is 0.240. The van der Waals surface area contributed by atoms with Crippen LogP contribution >= 0.6 is 35.0 Å². The third-order valence-corrected chi connectivity index (χ3v) is 4.05. The summed E-state index contributed by atoms with van der Waals surface area (Å²) >= 11 is 13.6. The minimum atomic E-state index is 0.240. The molecule has 2 aromatic heterocycles. The van der Waals surface area contributed by atoms with Gasteiger partial charge in [-0.05, 0) is 29.8 Å². The summed E-state index contributed by atoms with van der Waals surface area (Å²) in [5.41, 5.74) is 0.922. The fraction of sp³-hybridized carbons (Fsp3) is 0.250. The van der Waals surface area contributed by atoms with E-state index in [0.717, 1.165) is 15.6 Å². The van der Waals surface area contributed by atoms with Crippen LogP contribution in [0.2, 0.25) is 10.2 Å². The standard InChI is InChI=1S/C12H11Cl2N3S/c1-7(2)9-10(14)16-6-17-12(9)18-11-8(13)4-3-5-15-11/h3-7H,1-2H3. The van der Waals surface area contributed by atoms with E-state index in [1.165, 1.54) is 18.1 Å². The first kappa shape index (κ1) is 13.6. The molecule has 0 spiro atoms. The fourth-order valence-electron chi connectivity index (χ4n) is 1.46. The van der Waals surface area contributed by atoms with Crippen molar-refractivity contribution in [1.82, 2.24) is 15.0 Å². The zero-order valence-electron chi connectivity index (χ0n) is 9.89. The Hall–Kier alpha value is -0.840. The van der Waals surface area contributed by atoms with Gasteiger partial charge >= 0.3 is 0 Å². The second-order valence-corrected chi connectivity index (χ2v) is 5.67. The van der Waals surface area contributed by atoms with Gasteiger partial charge in [0.05, 0.1) is 5.02 Å². The highest BCUT2D eigenvalue weighted by molar-refractivity contribution is 7.99. The van der Waals surface area contributed by atoms with Gasteiger partial charge in [-0.25, -0.2) is 15.0 Å². The van der Waals surface area contributed by atoms with Crippen molar-refractivity contribution >= 4 is 35.0 Å². The average Bonchev–Trinajstić information content (AvgIpc) is 2.31. The summed E-state index contributed by atoms with van der Waals surface area (Å²) in [6, 6.07) is 3.59. The zero-order chi connectivity index (χ0) is 13.1. The van der Waals surface area contributed by atoms with Crippen LogP contribution < -0.4 is 0 Å². The highest BCUT2D eigenvalue weighted by Gasteiger charge is 2.16. The van der Waals surface area contributed by atoms with Gasteiger partial charge in [-0.2, -0.15) is 0 Å². The number of nitrogens with zero attached hydrogens (tertiary/aromatic N) is 3. The van der Waals surface area contributed by atoms with Crippen molar-refractivity contribution in [3.05, 3.63) is 40.4 Å². The van der Waals surface area contributed by atoms with E-state index in [9.17, 15) is 0 Å². The molecule has 0 fully saturated rings. The smallest absolute Gasteiger partial charge is 0.137 e. The molecule has 0 aliphatic heterocycles. The topological polar surface area (TPSA) is 38.7 Å². The summed E-state index contributed by atoms with van der Waals surface area (Å²) in [6.45, 7) is 4.10. The Morgan fingerprint density at radius 1 is 1.11 bits per heavy atom. The van der Waals surface area contributed by atoms with Gasteiger partial charge in [-0.1, -0.05) is 37.0 Å². The molecule has 94 valence electrons. The van der Waals surface area contributed by atoms with E-state index >= 15 is 0 Å². The van der Waals surface area contributed by atoms with Gasteiger partial charge in [-0.15, -0.1) is 0 Å². The van der Waals surface area contributed by atoms with Crippen molar-refractivity contribution in [3.63, 3.8) is 0 Å². The van der Waals surface area contributed by atoms with Crippen LogP contribution in [0.4, 0.5) is 0 Å². The number of pyridine rings is 1. The van der Waals surface area contributed by atoms with E-state index in [2.05, 4.69) is 28.8 Å². The predicted octanol–water partition coefficient (Wildman–Crippen LogP) is 4.45. The van der Waals surface area contributed by atoms with E-state index in [1.54, 1.807) is 18.3 Å². The van der Waals surface area contributed by atoms with E-state index < -0.39 is 0 Å². The van der Waals surface area contributed by atoms with Crippen LogP contribution in [-0.4, -0.2) is 15.0 Å². The molecule has 2 aromatic rings. The molecule has 2 rings (SSSR count). The lowest BCUT2D eigenvalue weighted by molar-refractivity contribution is 0.802. The van der Waals surface area contributed by atoms with E-state index in [-0.39, 0.29) is 5.92 Å². The van der Waals surface area contributed by atoms with Gasteiger partial charge in [0.1, 0.15) is 21.5 Å². The summed E-state index contributed by atoms with van der Waals surface area (Å²) in [4.78, 5) is 12.5. The molecule has 0 atom stereocenters. The Morgan fingerprint density at radius 2 is 1.89 bits per heavy atom. The van der Waals surface area contributed by atoms with Crippen LogP contribution in [0.1, 0.15) is 25.3 Å². The van der Waals surface area contributed by atoms with Crippen LogP contribution in [0, 0.1) is 0 Å². The van der Waals surface area contributed by atoms with Crippen molar-refractivity contribution in [1.29, 1.82) is 0 Å². The highest BCUT2D eigenvalue weighted by Crippen LogP contribution is 2.36. The lowest BCUT2D eigenvalue weighted by atomic mass is 10.1. The van der Waals surface area contributed by atoms with E-state index in [0.29, 0.717) is 10.2 Å². The molecule has 0 saturated heterocycles. The number of hydrogen-bond donors (Lipinski definition) is 0. The van der Waals surface area contributed by atoms with Crippen LogP contribution in [0.3, 0.4) is 0 Å². The van der Waals surface area contributed by atoms with Crippen molar-refractivity contribution in [2.24, 2.45) is 0 Å². The number of aromatic nitrogens is 3. The fourth-order valence-corrected chi connectivity index (χ4v) is 3.11. The quantitative estimate of drug-likeness (QED) is 0.785. The molecule has 0 aromatic carbocycles. The van der Waals surface area contributed by atoms with Gasteiger partial charge in [0.25, 0.3) is 0 Å². The second-order valence-electron chi connectivity index (χ2n) is 3.93. The molecule has 0 N–H and O–H groups in total. The molecule has 0 unspecified atom stereocenters. The van der Waals surface area contributed by atoms with Gasteiger partial charge in [0.15, 0.2) is 0 Å². The first-order valence-corrected chi connectivity index (χ1v) is 6.95. The summed E-state index contributed by atoms with van der Waals surface area (Å²) < 4.78 is 0.